The first-order chi connectivity index (χ1) is 19.7. The summed E-state index contributed by atoms with van der Waals surface area (Å²) in [5.41, 5.74) is -0.675. The second-order valence-electron chi connectivity index (χ2n) is 10.4. The van der Waals surface area contributed by atoms with Crippen LogP contribution in [0.2, 0.25) is 0 Å². The number of amides is 2. The summed E-state index contributed by atoms with van der Waals surface area (Å²) < 4.78 is 27.7. The van der Waals surface area contributed by atoms with Gasteiger partial charge in [0.25, 0.3) is 17.6 Å². The van der Waals surface area contributed by atoms with E-state index >= 15 is 0 Å². The van der Waals surface area contributed by atoms with Crippen molar-refractivity contribution in [3.63, 3.8) is 0 Å². The molecule has 1 spiro atoms. The number of likely N-dealkylation sites (N-methyl/N-ethyl adjacent to an activating group) is 1. The number of ketones is 1. The first kappa shape index (κ1) is 26.9. The molecule has 1 N–H and O–H groups in total. The maximum Gasteiger partial charge on any atom is 0.296 e. The molecule has 3 aromatic rings. The van der Waals surface area contributed by atoms with E-state index in [1.807, 2.05) is 0 Å². The number of nitrogens with zero attached hydrogens (tertiary/aromatic N) is 4. The van der Waals surface area contributed by atoms with Crippen LogP contribution in [0.3, 0.4) is 0 Å². The molecule has 1 atom stereocenters. The number of hydrogen-bond donors (Lipinski definition) is 1. The minimum atomic E-state index is -3.72. The Bertz CT molecular complexity index is 1700. The fourth-order valence-electron chi connectivity index (χ4n) is 6.05. The van der Waals surface area contributed by atoms with E-state index in [0.29, 0.717) is 29.9 Å². The Balaban J connectivity index is 1.50. The Kier molecular flexibility index (Phi) is 6.50. The summed E-state index contributed by atoms with van der Waals surface area (Å²) >= 11 is 0. The minimum Gasteiger partial charge on any atom is -0.507 e. The monoisotopic (exact) mass is 572 g/mol. The number of anilines is 1. The fourth-order valence-corrected chi connectivity index (χ4v) is 7.57. The first-order valence-corrected chi connectivity index (χ1v) is 14.8. The van der Waals surface area contributed by atoms with Crippen LogP contribution >= 0.6 is 0 Å². The van der Waals surface area contributed by atoms with Gasteiger partial charge in [-0.15, -0.1) is 0 Å². The van der Waals surface area contributed by atoms with Gasteiger partial charge in [-0.1, -0.05) is 30.7 Å². The van der Waals surface area contributed by atoms with Gasteiger partial charge in [0.05, 0.1) is 10.5 Å². The zero-order chi connectivity index (χ0) is 28.9. The topological polar surface area (TPSA) is 128 Å². The van der Waals surface area contributed by atoms with Gasteiger partial charge < -0.3 is 14.9 Å². The van der Waals surface area contributed by atoms with Gasteiger partial charge in [0.1, 0.15) is 5.76 Å². The van der Waals surface area contributed by atoms with Gasteiger partial charge in [-0.3, -0.25) is 19.4 Å². The lowest BCUT2D eigenvalue weighted by molar-refractivity contribution is -0.144. The average molecular weight is 573 g/mol. The highest BCUT2D eigenvalue weighted by atomic mass is 32.2. The van der Waals surface area contributed by atoms with Gasteiger partial charge in [-0.25, -0.2) is 8.42 Å². The lowest BCUT2D eigenvalue weighted by Gasteiger charge is -2.34. The molecule has 0 radical (unpaired) electrons. The second-order valence-corrected chi connectivity index (χ2v) is 12.3. The number of sulfonamides is 1. The minimum absolute atomic E-state index is 0.0599. The molecule has 10 nitrogen and oxygen atoms in total. The zero-order valence-electron chi connectivity index (χ0n) is 22.4. The molecule has 4 heterocycles. The summed E-state index contributed by atoms with van der Waals surface area (Å²) in [7, 11) is -2.17. The van der Waals surface area contributed by atoms with E-state index in [2.05, 4.69) is 4.98 Å². The smallest absolute Gasteiger partial charge is 0.296 e. The Labute approximate surface area is 237 Å². The highest BCUT2D eigenvalue weighted by molar-refractivity contribution is 7.89. The molecule has 3 aliphatic heterocycles. The Morgan fingerprint density at radius 1 is 0.951 bits per heavy atom. The number of hydrogen-bond acceptors (Lipinski definition) is 7. The number of rotatable bonds is 5. The van der Waals surface area contributed by atoms with Gasteiger partial charge in [0.15, 0.2) is 5.54 Å². The largest absolute Gasteiger partial charge is 0.507 e. The van der Waals surface area contributed by atoms with Crippen LogP contribution < -0.4 is 4.90 Å². The van der Waals surface area contributed by atoms with E-state index in [0.717, 1.165) is 19.3 Å². The van der Waals surface area contributed by atoms with Gasteiger partial charge in [0, 0.05) is 55.9 Å². The lowest BCUT2D eigenvalue weighted by atomic mass is 9.81. The van der Waals surface area contributed by atoms with Crippen molar-refractivity contribution in [1.82, 2.24) is 14.2 Å². The zero-order valence-corrected chi connectivity index (χ0v) is 23.2. The Hall–Kier alpha value is -4.35. The third kappa shape index (κ3) is 3.98. The number of carbonyl (C=O) groups excluding carboxylic acids is 3. The number of para-hydroxylation sites is 1. The molecule has 3 aliphatic rings. The van der Waals surface area contributed by atoms with E-state index in [4.69, 9.17) is 0 Å². The van der Waals surface area contributed by atoms with E-state index in [1.165, 1.54) is 38.4 Å². The summed E-state index contributed by atoms with van der Waals surface area (Å²) in [6, 6.07) is 15.8. The molecule has 2 saturated heterocycles. The number of aromatic nitrogens is 1. The summed E-state index contributed by atoms with van der Waals surface area (Å²) in [6.45, 7) is 0.788. The van der Waals surface area contributed by atoms with Crippen molar-refractivity contribution >= 4 is 39.1 Å². The molecule has 2 fully saturated rings. The van der Waals surface area contributed by atoms with Gasteiger partial charge >= 0.3 is 0 Å². The standard InChI is InChI=1S/C30H28N4O6S/c1-32-24-10-4-3-9-23(24)30(29(32)38)25(27(36)28(37)34(30)19-20-8-7-15-31-18-20)26(35)21-11-13-22(14-12-21)41(39,40)33-16-5-2-6-17-33/h3-4,7-15,18,35H,2,5-6,16-17,19H2,1H3/b26-25+. The number of fused-ring (bicyclic) bond motifs is 2. The van der Waals surface area contributed by atoms with Crippen LogP contribution in [-0.2, 0) is 36.5 Å². The maximum atomic E-state index is 14.1. The Morgan fingerprint density at radius 2 is 1.66 bits per heavy atom. The van der Waals surface area contributed by atoms with Crippen molar-refractivity contribution in [2.24, 2.45) is 0 Å². The molecule has 2 amide bonds. The van der Waals surface area contributed by atoms with Crippen LogP contribution in [0.25, 0.3) is 5.76 Å². The summed E-state index contributed by atoms with van der Waals surface area (Å²) in [4.78, 5) is 48.1. The van der Waals surface area contributed by atoms with Crippen LogP contribution in [-0.4, -0.2) is 65.4 Å². The molecule has 41 heavy (non-hydrogen) atoms. The number of aliphatic hydroxyl groups excluding tert-OH is 1. The molecule has 11 heteroatoms. The van der Waals surface area contributed by atoms with Crippen LogP contribution in [0, 0.1) is 0 Å². The molecule has 0 bridgehead atoms. The molecule has 1 unspecified atom stereocenters. The van der Waals surface area contributed by atoms with Gasteiger partial charge in [0.2, 0.25) is 10.0 Å². The van der Waals surface area contributed by atoms with Crippen molar-refractivity contribution < 1.29 is 27.9 Å². The Morgan fingerprint density at radius 3 is 2.34 bits per heavy atom. The molecule has 210 valence electrons. The quantitative estimate of drug-likeness (QED) is 0.283. The SMILES string of the molecule is CN1C(=O)C2(/C(=C(/O)c3ccc(S(=O)(=O)N4CCCCC4)cc3)C(=O)C(=O)N2Cc2cccnc2)c2ccccc21. The highest BCUT2D eigenvalue weighted by Crippen LogP contribution is 2.53. The van der Waals surface area contributed by atoms with Crippen LogP contribution in [0.4, 0.5) is 5.69 Å². The number of carbonyl (C=O) groups is 3. The molecular formula is C30H28N4O6S. The average Bonchev–Trinajstić information content (AvgIpc) is 3.36. The summed E-state index contributed by atoms with van der Waals surface area (Å²) in [5.74, 6) is -3.06. The van der Waals surface area contributed by atoms with E-state index in [9.17, 15) is 27.9 Å². The molecule has 0 aliphatic carbocycles. The summed E-state index contributed by atoms with van der Waals surface area (Å²) in [5, 5.41) is 11.6. The van der Waals surface area contributed by atoms with Crippen LogP contribution in [0.1, 0.15) is 36.0 Å². The fraction of sp³-hybridized carbons (Fsp3) is 0.267. The number of piperidine rings is 1. The van der Waals surface area contributed by atoms with Crippen LogP contribution in [0.5, 0.6) is 0 Å². The lowest BCUT2D eigenvalue weighted by Crippen LogP contribution is -2.50. The first-order valence-electron chi connectivity index (χ1n) is 13.4. The van der Waals surface area contributed by atoms with Crippen LogP contribution in [0.15, 0.2) is 83.5 Å². The number of Topliss-reactive ketones (excluding diaryl/α,β-unsaturated/α-hetero) is 1. The number of likely N-dealkylation sites (tertiary alicyclic amines) is 1. The number of pyridine rings is 1. The third-order valence-corrected chi connectivity index (χ3v) is 10.00. The molecular weight excluding hydrogens is 544 g/mol. The normalized spacial score (nSPS) is 22.5. The van der Waals surface area contributed by atoms with Gasteiger partial charge in [-0.2, -0.15) is 4.31 Å². The molecule has 2 aromatic carbocycles. The molecule has 6 rings (SSSR count). The molecule has 1 aromatic heterocycles. The predicted octanol–water partition coefficient (Wildman–Crippen LogP) is 3.01. The second kappa shape index (κ2) is 9.93. The highest BCUT2D eigenvalue weighted by Gasteiger charge is 2.66. The maximum absolute atomic E-state index is 14.1. The van der Waals surface area contributed by atoms with Crippen molar-refractivity contribution in [2.45, 2.75) is 36.2 Å². The van der Waals surface area contributed by atoms with Crippen molar-refractivity contribution in [1.29, 1.82) is 0 Å². The third-order valence-electron chi connectivity index (χ3n) is 8.08. The van der Waals surface area contributed by atoms with Crippen molar-refractivity contribution in [2.75, 3.05) is 25.0 Å². The van der Waals surface area contributed by atoms with Crippen molar-refractivity contribution in [3.05, 3.63) is 95.3 Å². The van der Waals surface area contributed by atoms with E-state index in [1.54, 1.807) is 55.8 Å². The van der Waals surface area contributed by atoms with Crippen molar-refractivity contribution in [3.8, 4) is 0 Å². The van der Waals surface area contributed by atoms with E-state index < -0.39 is 38.9 Å². The predicted molar refractivity (Wildman–Crippen MR) is 150 cm³/mol. The van der Waals surface area contributed by atoms with Gasteiger partial charge in [-0.05, 0) is 54.8 Å². The number of benzene rings is 2. The molecule has 0 saturated carbocycles. The summed E-state index contributed by atoms with van der Waals surface area (Å²) in [6.07, 6.45) is 5.69. The number of aliphatic hydroxyl groups is 1. The van der Waals surface area contributed by atoms with E-state index in [-0.39, 0.29) is 22.6 Å².